The molecule has 0 saturated carbocycles. The lowest BCUT2D eigenvalue weighted by Gasteiger charge is -2.25. The molecule has 0 aliphatic heterocycles. The molecule has 0 unspecified atom stereocenters. The van der Waals surface area contributed by atoms with Gasteiger partial charge in [0, 0.05) is 16.1 Å². The maximum atomic E-state index is 12.4. The number of Topliss-reactive ketones (excluding diaryl/α,β-unsaturated/α-hetero) is 1. The van der Waals surface area contributed by atoms with Gasteiger partial charge >= 0.3 is 0 Å². The minimum Gasteiger partial charge on any atom is -0.303 e. The molecule has 1 N–H and O–H groups in total. The van der Waals surface area contributed by atoms with Gasteiger partial charge in [0.05, 0.1) is 11.5 Å². The second kappa shape index (κ2) is 4.98. The number of carbonyl (C=O) groups excluding carboxylic acids is 1. The Hall–Kier alpha value is -0.860. The molecule has 0 heterocycles. The molecular weight excluding hydrogens is 222 g/mol. The summed E-state index contributed by atoms with van der Waals surface area (Å²) in [7, 11) is 0. The van der Waals surface area contributed by atoms with Crippen LogP contribution in [0.25, 0.3) is 0 Å². The second-order valence-corrected chi connectivity index (χ2v) is 4.97. The average molecular weight is 244 g/mol. The minimum absolute atomic E-state index is 0.120. The van der Waals surface area contributed by atoms with Crippen LogP contribution in [0.2, 0.25) is 5.02 Å². The van der Waals surface area contributed by atoms with E-state index in [9.17, 15) is 4.79 Å². The van der Waals surface area contributed by atoms with Crippen molar-refractivity contribution in [2.24, 2.45) is 0 Å². The highest BCUT2D eigenvalue weighted by Gasteiger charge is 2.20. The van der Waals surface area contributed by atoms with E-state index in [-0.39, 0.29) is 28.7 Å². The number of hydrogen-bond donors (Lipinski definition) is 1. The van der Waals surface area contributed by atoms with Gasteiger partial charge in [0.2, 0.25) is 0 Å². The van der Waals surface area contributed by atoms with Crippen molar-refractivity contribution in [1.82, 2.24) is 5.32 Å². The van der Waals surface area contributed by atoms with E-state index in [1.807, 2.05) is 20.8 Å². The molecule has 0 saturated heterocycles. The van der Waals surface area contributed by atoms with E-state index in [1.54, 1.807) is 0 Å². The van der Waals surface area contributed by atoms with Crippen molar-refractivity contribution in [2.75, 3.05) is 0 Å². The van der Waals surface area contributed by atoms with Gasteiger partial charge in [0.1, 0.15) is 0 Å². The van der Waals surface area contributed by atoms with Crippen LogP contribution in [-0.2, 0) is 0 Å². The van der Waals surface area contributed by atoms with Crippen molar-refractivity contribution in [3.05, 3.63) is 34.8 Å². The average Bonchev–Trinajstić information content (AvgIpc) is 2.27. The maximum Gasteiger partial charge on any atom is 0.179 e. The number of benzene rings is 1. The highest BCUT2D eigenvalue weighted by molar-refractivity contribution is 6.31. The Bertz CT molecular complexity index is 552. The van der Waals surface area contributed by atoms with Crippen LogP contribution in [0.1, 0.15) is 43.5 Å². The lowest BCUT2D eigenvalue weighted by atomic mass is 10.0. The minimum atomic E-state index is -1.65. The summed E-state index contributed by atoms with van der Waals surface area (Å²) in [4.78, 5) is 12.4. The topological polar surface area (TPSA) is 29.1 Å². The van der Waals surface area contributed by atoms with Gasteiger partial charge in [-0.1, -0.05) is 23.7 Å². The van der Waals surface area contributed by atoms with Crippen LogP contribution in [0.15, 0.2) is 24.2 Å². The molecule has 1 aromatic carbocycles. The maximum absolute atomic E-state index is 12.4. The van der Waals surface area contributed by atoms with E-state index in [2.05, 4.69) is 5.32 Å². The Morgan fingerprint density at radius 3 is 2.81 bits per heavy atom. The van der Waals surface area contributed by atoms with Crippen LogP contribution < -0.4 is 5.32 Å². The molecule has 1 aromatic rings. The zero-order valence-electron chi connectivity index (χ0n) is 13.9. The summed E-state index contributed by atoms with van der Waals surface area (Å²) >= 11 is 5.79. The zero-order valence-corrected chi connectivity index (χ0v) is 10.6. The molecule has 0 spiro atoms. The number of hydrogen-bond acceptors (Lipinski definition) is 2. The van der Waals surface area contributed by atoms with E-state index in [1.165, 1.54) is 6.92 Å². The number of carbonyl (C=O) groups is 1. The molecule has 3 heteroatoms. The third kappa shape index (κ3) is 3.95. The number of nitrogens with one attached hydrogen (secondary N) is 1. The summed E-state index contributed by atoms with van der Waals surface area (Å²) in [6.07, 6.45) is 0. The molecule has 1 rings (SSSR count). The van der Waals surface area contributed by atoms with Crippen LogP contribution in [0.3, 0.4) is 0 Å². The summed E-state index contributed by atoms with van der Waals surface area (Å²) in [5.74, 6) is -0.646. The first-order chi connectivity index (χ1) is 8.87. The molecule has 88 valence electrons. The quantitative estimate of drug-likeness (QED) is 0.826. The molecule has 1 atom stereocenters. The highest BCUT2D eigenvalue weighted by atomic mass is 35.5. The predicted octanol–water partition coefficient (Wildman–Crippen LogP) is 3.30. The molecular formula is C13H18ClNO. The molecule has 0 amide bonds. The lowest BCUT2D eigenvalue weighted by Crippen LogP contribution is -2.46. The first-order valence-corrected chi connectivity index (χ1v) is 5.35. The molecule has 0 aliphatic rings. The molecule has 0 radical (unpaired) electrons. The van der Waals surface area contributed by atoms with Crippen molar-refractivity contribution in [3.8, 4) is 0 Å². The summed E-state index contributed by atoms with van der Waals surface area (Å²) in [5.41, 5.74) is -0.581. The number of halogens is 1. The fraction of sp³-hybridized carbons (Fsp3) is 0.462. The van der Waals surface area contributed by atoms with Crippen molar-refractivity contribution in [1.29, 1.82) is 0 Å². The SMILES string of the molecule is [2H]c1cc(C(=O)[C@@]([2H])(C)NC(C)(C)C)c([2H])c(Cl)c1[2H]. The zero-order chi connectivity index (χ0) is 15.9. The van der Waals surface area contributed by atoms with E-state index >= 15 is 0 Å². The fourth-order valence-electron chi connectivity index (χ4n) is 1.30. The van der Waals surface area contributed by atoms with Gasteiger partial charge in [0.15, 0.2) is 5.78 Å². The number of rotatable bonds is 3. The summed E-state index contributed by atoms with van der Waals surface area (Å²) in [6.45, 7) is 6.87. The van der Waals surface area contributed by atoms with Gasteiger partial charge in [-0.15, -0.1) is 0 Å². The summed E-state index contributed by atoms with van der Waals surface area (Å²) in [5, 5.41) is 2.61. The van der Waals surface area contributed by atoms with E-state index in [4.69, 9.17) is 17.1 Å². The van der Waals surface area contributed by atoms with Crippen molar-refractivity contribution >= 4 is 17.4 Å². The molecule has 0 aromatic heterocycles. The second-order valence-electron chi connectivity index (χ2n) is 4.60. The Labute approximate surface area is 108 Å². The molecule has 2 nitrogen and oxygen atoms in total. The Kier molecular flexibility index (Phi) is 2.57. The van der Waals surface area contributed by atoms with Gasteiger partial charge in [-0.05, 0) is 39.8 Å². The molecule has 0 fully saturated rings. The third-order valence-corrected chi connectivity index (χ3v) is 1.98. The van der Waals surface area contributed by atoms with Gasteiger partial charge in [-0.25, -0.2) is 0 Å². The lowest BCUT2D eigenvalue weighted by molar-refractivity contribution is 0.0936. The van der Waals surface area contributed by atoms with Crippen molar-refractivity contribution in [2.45, 2.75) is 39.3 Å². The fourth-order valence-corrected chi connectivity index (χ4v) is 1.46. The van der Waals surface area contributed by atoms with Crippen molar-refractivity contribution < 1.29 is 10.3 Å². The van der Waals surface area contributed by atoms with Crippen LogP contribution in [-0.4, -0.2) is 17.3 Å². The Morgan fingerprint density at radius 1 is 1.62 bits per heavy atom. The normalized spacial score (nSPS) is 19.1. The van der Waals surface area contributed by atoms with Crippen molar-refractivity contribution in [3.63, 3.8) is 0 Å². The Morgan fingerprint density at radius 2 is 2.25 bits per heavy atom. The Balaban J connectivity index is 3.29. The molecule has 0 aliphatic carbocycles. The van der Waals surface area contributed by atoms with Gasteiger partial charge < -0.3 is 5.32 Å². The van der Waals surface area contributed by atoms with Crippen LogP contribution in [0, 0.1) is 0 Å². The number of ketones is 1. The third-order valence-electron chi connectivity index (χ3n) is 1.79. The van der Waals surface area contributed by atoms with Gasteiger partial charge in [0.25, 0.3) is 0 Å². The summed E-state index contributed by atoms with van der Waals surface area (Å²) < 4.78 is 31.0. The van der Waals surface area contributed by atoms with Gasteiger partial charge in [-0.3, -0.25) is 4.79 Å². The van der Waals surface area contributed by atoms with E-state index in [0.717, 1.165) is 6.07 Å². The van der Waals surface area contributed by atoms with E-state index < -0.39 is 17.3 Å². The monoisotopic (exact) mass is 243 g/mol. The largest absolute Gasteiger partial charge is 0.303 e. The first-order valence-electron chi connectivity index (χ1n) is 6.97. The molecule has 16 heavy (non-hydrogen) atoms. The van der Waals surface area contributed by atoms with Crippen LogP contribution >= 0.6 is 11.6 Å². The standard InChI is InChI=1S/C13H18ClNO/c1-9(15-13(2,3)4)12(16)10-6-5-7-11(14)8-10/h5-9,15H,1-4H3/t9-/m1/s1/i5D,7D,8D,9D. The van der Waals surface area contributed by atoms with Crippen LogP contribution in [0.5, 0.6) is 0 Å². The summed E-state index contributed by atoms with van der Waals surface area (Å²) in [6, 6.07) is -1.36. The smallest absolute Gasteiger partial charge is 0.179 e. The van der Waals surface area contributed by atoms with E-state index in [0.29, 0.717) is 0 Å². The predicted molar refractivity (Wildman–Crippen MR) is 68.1 cm³/mol. The van der Waals surface area contributed by atoms with Gasteiger partial charge in [-0.2, -0.15) is 0 Å². The van der Waals surface area contributed by atoms with Crippen LogP contribution in [0.4, 0.5) is 0 Å². The molecule has 0 bridgehead atoms. The first kappa shape index (κ1) is 8.26. The highest BCUT2D eigenvalue weighted by Crippen LogP contribution is 2.13.